The third-order valence-corrected chi connectivity index (χ3v) is 10.1. The van der Waals surface area contributed by atoms with Crippen LogP contribution in [0.5, 0.6) is 0 Å². The van der Waals surface area contributed by atoms with Crippen molar-refractivity contribution < 1.29 is 0 Å². The second-order valence-electron chi connectivity index (χ2n) is 7.88. The Labute approximate surface area is 227 Å². The lowest BCUT2D eigenvalue weighted by atomic mass is 10.3. The summed E-state index contributed by atoms with van der Waals surface area (Å²) in [6, 6.07) is 44.2. The van der Waals surface area contributed by atoms with Crippen LogP contribution < -0.4 is 0 Å². The highest BCUT2D eigenvalue weighted by Gasteiger charge is 2.08. The van der Waals surface area contributed by atoms with E-state index in [-0.39, 0.29) is 0 Å². The highest BCUT2D eigenvalue weighted by atomic mass is 32.2. The number of benzene rings is 5. The van der Waals surface area contributed by atoms with Crippen molar-refractivity contribution in [3.05, 3.63) is 121 Å². The summed E-state index contributed by atoms with van der Waals surface area (Å²) >= 11 is 9.09. The van der Waals surface area contributed by atoms with Crippen LogP contribution >= 0.6 is 58.8 Å². The van der Waals surface area contributed by atoms with Gasteiger partial charge in [-0.1, -0.05) is 89.1 Å². The molecule has 170 valence electrons. The van der Waals surface area contributed by atoms with Gasteiger partial charge in [-0.05, 0) is 91.0 Å². The summed E-state index contributed by atoms with van der Waals surface area (Å²) in [5.74, 6) is 0. The van der Waals surface area contributed by atoms with Crippen LogP contribution in [-0.2, 0) is 0 Å². The quantitative estimate of drug-likeness (QED) is 0.187. The fourth-order valence-corrected chi connectivity index (χ4v) is 8.75. The van der Waals surface area contributed by atoms with Crippen molar-refractivity contribution in [1.82, 2.24) is 0 Å². The van der Waals surface area contributed by atoms with Crippen LogP contribution in [0.3, 0.4) is 0 Å². The van der Waals surface area contributed by atoms with Crippen LogP contribution in [0.15, 0.2) is 170 Å². The van der Waals surface area contributed by atoms with Gasteiger partial charge in [0.25, 0.3) is 0 Å². The van der Waals surface area contributed by atoms with Crippen molar-refractivity contribution >= 4 is 58.8 Å². The smallest absolute Gasteiger partial charge is 0.0133 e. The van der Waals surface area contributed by atoms with Crippen LogP contribution in [0.1, 0.15) is 0 Å². The number of hydrogen-bond acceptors (Lipinski definition) is 5. The Bertz CT molecular complexity index is 1140. The lowest BCUT2D eigenvalue weighted by Crippen LogP contribution is -1.81. The normalized spacial score (nSPS) is 13.1. The van der Waals surface area contributed by atoms with E-state index < -0.39 is 0 Å². The molecule has 5 aromatic carbocycles. The lowest BCUT2D eigenvalue weighted by molar-refractivity contribution is 1.26. The standard InChI is InChI=1S/C30H20S5/c1-6-21-16-22(7-1)32-24-9-3-11-26(18-24)34-28-13-5-15-30(20-28)35-29-14-4-12-27(19-29)33-25-10-2-8-23(17-25)31-21/h1-20H. The Morgan fingerprint density at radius 1 is 0.229 bits per heavy atom. The predicted octanol–water partition coefficient (Wildman–Crippen LogP) is 10.8. The first-order chi connectivity index (χ1) is 17.2. The minimum absolute atomic E-state index is 1.26. The van der Waals surface area contributed by atoms with Gasteiger partial charge in [-0.25, -0.2) is 0 Å². The van der Waals surface area contributed by atoms with E-state index in [2.05, 4.69) is 121 Å². The zero-order valence-corrected chi connectivity index (χ0v) is 22.7. The Balaban J connectivity index is 1.41. The summed E-state index contributed by atoms with van der Waals surface area (Å²) in [4.78, 5) is 12.6. The van der Waals surface area contributed by atoms with Gasteiger partial charge in [0.05, 0.1) is 0 Å². The summed E-state index contributed by atoms with van der Waals surface area (Å²) < 4.78 is 0. The number of hydrogen-bond donors (Lipinski definition) is 0. The van der Waals surface area contributed by atoms with Crippen molar-refractivity contribution in [2.45, 2.75) is 49.0 Å². The number of fused-ring (bicyclic) bond motifs is 10. The third-order valence-electron chi connectivity index (χ3n) is 5.21. The van der Waals surface area contributed by atoms with E-state index in [1.54, 1.807) is 0 Å². The predicted molar refractivity (Wildman–Crippen MR) is 153 cm³/mol. The molecule has 0 aromatic heterocycles. The lowest BCUT2D eigenvalue weighted by Gasteiger charge is -2.10. The average Bonchev–Trinajstić information content (AvgIpc) is 2.85. The van der Waals surface area contributed by atoms with Crippen molar-refractivity contribution in [2.75, 3.05) is 0 Å². The summed E-state index contributed by atoms with van der Waals surface area (Å²) in [5, 5.41) is 0. The molecule has 0 N–H and O–H groups in total. The average molecular weight is 541 g/mol. The minimum atomic E-state index is 1.26. The van der Waals surface area contributed by atoms with E-state index in [1.165, 1.54) is 49.0 Å². The molecule has 0 atom stereocenters. The second kappa shape index (κ2) is 10.9. The summed E-state index contributed by atoms with van der Waals surface area (Å²) in [6.07, 6.45) is 0. The maximum atomic E-state index is 2.29. The van der Waals surface area contributed by atoms with Crippen molar-refractivity contribution in [3.63, 3.8) is 0 Å². The Hall–Kier alpha value is -2.15. The molecule has 0 saturated carbocycles. The van der Waals surface area contributed by atoms with Gasteiger partial charge in [-0.3, -0.25) is 0 Å². The molecule has 1 heterocycles. The zero-order chi connectivity index (χ0) is 23.5. The highest BCUT2D eigenvalue weighted by Crippen LogP contribution is 2.40. The van der Waals surface area contributed by atoms with E-state index in [4.69, 9.17) is 0 Å². The molecular formula is C30H20S5. The largest absolute Gasteiger partial charge is 0.0900 e. The van der Waals surface area contributed by atoms with Gasteiger partial charge in [-0.2, -0.15) is 0 Å². The van der Waals surface area contributed by atoms with E-state index in [9.17, 15) is 0 Å². The van der Waals surface area contributed by atoms with Crippen LogP contribution in [0.4, 0.5) is 0 Å². The summed E-state index contributed by atoms with van der Waals surface area (Å²) in [5.41, 5.74) is 0. The van der Waals surface area contributed by atoms with E-state index >= 15 is 0 Å². The molecule has 35 heavy (non-hydrogen) atoms. The molecule has 0 saturated heterocycles. The molecule has 0 radical (unpaired) electrons. The van der Waals surface area contributed by atoms with Crippen LogP contribution in [0, 0.1) is 0 Å². The van der Waals surface area contributed by atoms with Crippen molar-refractivity contribution in [1.29, 1.82) is 0 Å². The maximum absolute atomic E-state index is 2.29. The first-order valence-corrected chi connectivity index (χ1v) is 15.2. The molecule has 10 bridgehead atoms. The van der Waals surface area contributed by atoms with E-state index in [1.807, 2.05) is 58.8 Å². The Morgan fingerprint density at radius 2 is 0.371 bits per heavy atom. The minimum Gasteiger partial charge on any atom is -0.0900 e. The van der Waals surface area contributed by atoms with Crippen molar-refractivity contribution in [2.24, 2.45) is 0 Å². The van der Waals surface area contributed by atoms with Crippen LogP contribution in [0.25, 0.3) is 0 Å². The molecule has 0 amide bonds. The molecule has 0 fully saturated rings. The SMILES string of the molecule is c1cc2cc(c1)Sc1cccc(c1)Sc1cccc(c1)Sc1cccc(c1)Sc1cccc(c1)S2. The molecule has 0 nitrogen and oxygen atoms in total. The van der Waals surface area contributed by atoms with Crippen LogP contribution in [0.2, 0.25) is 0 Å². The summed E-state index contributed by atoms with van der Waals surface area (Å²) in [6.45, 7) is 0. The molecule has 6 rings (SSSR count). The molecule has 0 unspecified atom stereocenters. The molecule has 0 aliphatic carbocycles. The van der Waals surface area contributed by atoms with Crippen LogP contribution in [-0.4, -0.2) is 0 Å². The van der Waals surface area contributed by atoms with Gasteiger partial charge in [0.15, 0.2) is 0 Å². The van der Waals surface area contributed by atoms with Gasteiger partial charge in [0.2, 0.25) is 0 Å². The van der Waals surface area contributed by atoms with Gasteiger partial charge in [0.1, 0.15) is 0 Å². The topological polar surface area (TPSA) is 0 Å². The van der Waals surface area contributed by atoms with E-state index in [0.717, 1.165) is 0 Å². The maximum Gasteiger partial charge on any atom is 0.0133 e. The fourth-order valence-electron chi connectivity index (χ4n) is 3.69. The molecule has 1 aliphatic heterocycles. The van der Waals surface area contributed by atoms with Gasteiger partial charge < -0.3 is 0 Å². The molecular weight excluding hydrogens is 521 g/mol. The molecule has 0 spiro atoms. The monoisotopic (exact) mass is 540 g/mol. The third kappa shape index (κ3) is 6.16. The van der Waals surface area contributed by atoms with Gasteiger partial charge >= 0.3 is 0 Å². The molecule has 5 heteroatoms. The Kier molecular flexibility index (Phi) is 7.21. The van der Waals surface area contributed by atoms with E-state index in [0.29, 0.717) is 0 Å². The van der Waals surface area contributed by atoms with Crippen molar-refractivity contribution in [3.8, 4) is 0 Å². The molecule has 5 aromatic rings. The first-order valence-electron chi connectivity index (χ1n) is 11.1. The fraction of sp³-hybridized carbons (Fsp3) is 0. The molecule has 1 aliphatic rings. The first kappa shape index (κ1) is 23.3. The zero-order valence-electron chi connectivity index (χ0n) is 18.6. The Morgan fingerprint density at radius 3 is 0.514 bits per heavy atom. The second-order valence-corrected chi connectivity index (χ2v) is 13.6. The summed E-state index contributed by atoms with van der Waals surface area (Å²) in [7, 11) is 0. The van der Waals surface area contributed by atoms with Gasteiger partial charge in [-0.15, -0.1) is 0 Å². The number of rotatable bonds is 0. The van der Waals surface area contributed by atoms with Gasteiger partial charge in [0, 0.05) is 49.0 Å². The highest BCUT2D eigenvalue weighted by molar-refractivity contribution is 8.01.